The molecule has 3 heterocycles. The molecule has 0 N–H and O–H groups in total. The van der Waals surface area contributed by atoms with Gasteiger partial charge in [0.2, 0.25) is 11.7 Å². The summed E-state index contributed by atoms with van der Waals surface area (Å²) in [6.45, 7) is 1.13. The first-order valence-electron chi connectivity index (χ1n) is 8.17. The standard InChI is InChI=1S/C18H17N7O/c1-24(11-14-12-25(23-21-14)15-7-3-2-4-8-15)13-17-20-18(22-26-17)16-9-5-6-10-19-16/h2-10,12H,11,13H2,1H3. The Labute approximate surface area is 150 Å². The van der Waals surface area contributed by atoms with Crippen LogP contribution in [-0.2, 0) is 13.1 Å². The molecule has 0 aliphatic heterocycles. The van der Waals surface area contributed by atoms with Gasteiger partial charge in [0.25, 0.3) is 0 Å². The molecule has 0 amide bonds. The van der Waals surface area contributed by atoms with E-state index in [2.05, 4.69) is 25.4 Å². The van der Waals surface area contributed by atoms with Gasteiger partial charge in [0.15, 0.2) is 0 Å². The van der Waals surface area contributed by atoms with E-state index in [4.69, 9.17) is 4.52 Å². The Hall–Kier alpha value is -3.39. The van der Waals surface area contributed by atoms with Crippen LogP contribution in [0.5, 0.6) is 0 Å². The largest absolute Gasteiger partial charge is 0.337 e. The van der Waals surface area contributed by atoms with Crippen LogP contribution in [-0.4, -0.2) is 42.1 Å². The zero-order valence-corrected chi connectivity index (χ0v) is 14.2. The molecule has 130 valence electrons. The van der Waals surface area contributed by atoms with Crippen molar-refractivity contribution in [1.29, 1.82) is 0 Å². The molecule has 8 heteroatoms. The van der Waals surface area contributed by atoms with E-state index in [9.17, 15) is 0 Å². The van der Waals surface area contributed by atoms with Crippen LogP contribution in [0.3, 0.4) is 0 Å². The van der Waals surface area contributed by atoms with E-state index in [1.807, 2.05) is 66.7 Å². The van der Waals surface area contributed by atoms with Gasteiger partial charge in [-0.3, -0.25) is 9.88 Å². The summed E-state index contributed by atoms with van der Waals surface area (Å²) in [5.74, 6) is 1.02. The van der Waals surface area contributed by atoms with E-state index in [-0.39, 0.29) is 0 Å². The van der Waals surface area contributed by atoms with Crippen LogP contribution in [0.1, 0.15) is 11.6 Å². The minimum Gasteiger partial charge on any atom is -0.337 e. The smallest absolute Gasteiger partial charge is 0.241 e. The highest BCUT2D eigenvalue weighted by Crippen LogP contribution is 2.13. The number of hydrogen-bond donors (Lipinski definition) is 0. The maximum Gasteiger partial charge on any atom is 0.241 e. The first kappa shape index (κ1) is 16.1. The topological polar surface area (TPSA) is 85.8 Å². The van der Waals surface area contributed by atoms with Crippen LogP contribution in [0, 0.1) is 0 Å². The van der Waals surface area contributed by atoms with Crippen molar-refractivity contribution in [2.45, 2.75) is 13.1 Å². The molecule has 3 aromatic heterocycles. The van der Waals surface area contributed by atoms with Gasteiger partial charge in [-0.05, 0) is 31.3 Å². The van der Waals surface area contributed by atoms with Gasteiger partial charge in [-0.1, -0.05) is 34.6 Å². The lowest BCUT2D eigenvalue weighted by molar-refractivity contribution is 0.258. The molecule has 8 nitrogen and oxygen atoms in total. The van der Waals surface area contributed by atoms with Crippen molar-refractivity contribution in [3.8, 4) is 17.2 Å². The van der Waals surface area contributed by atoms with Crippen LogP contribution >= 0.6 is 0 Å². The molecule has 1 aromatic carbocycles. The van der Waals surface area contributed by atoms with Crippen molar-refractivity contribution in [2.75, 3.05) is 7.05 Å². The molecule has 0 atom stereocenters. The third kappa shape index (κ3) is 3.65. The van der Waals surface area contributed by atoms with Gasteiger partial charge < -0.3 is 4.52 Å². The average molecular weight is 347 g/mol. The Morgan fingerprint density at radius 3 is 2.69 bits per heavy atom. The zero-order chi connectivity index (χ0) is 17.8. The predicted molar refractivity (Wildman–Crippen MR) is 94.1 cm³/mol. The Balaban J connectivity index is 1.40. The van der Waals surface area contributed by atoms with Gasteiger partial charge in [-0.25, -0.2) is 4.68 Å². The molecule has 4 aromatic rings. The predicted octanol–water partition coefficient (Wildman–Crippen LogP) is 2.34. The summed E-state index contributed by atoms with van der Waals surface area (Å²) in [5, 5.41) is 12.4. The minimum absolute atomic E-state index is 0.490. The van der Waals surface area contributed by atoms with Crippen LogP contribution < -0.4 is 0 Å². The van der Waals surface area contributed by atoms with E-state index in [0.29, 0.717) is 30.5 Å². The number of pyridine rings is 1. The molecule has 0 radical (unpaired) electrons. The summed E-state index contributed by atoms with van der Waals surface area (Å²) in [7, 11) is 1.96. The number of para-hydroxylation sites is 1. The van der Waals surface area contributed by atoms with Crippen molar-refractivity contribution in [3.63, 3.8) is 0 Å². The molecule has 26 heavy (non-hydrogen) atoms. The lowest BCUT2D eigenvalue weighted by atomic mass is 10.3. The Morgan fingerprint density at radius 1 is 1.04 bits per heavy atom. The molecule has 0 bridgehead atoms. The van der Waals surface area contributed by atoms with Crippen molar-refractivity contribution in [3.05, 3.63) is 72.5 Å². The third-order valence-electron chi connectivity index (χ3n) is 3.76. The van der Waals surface area contributed by atoms with E-state index in [0.717, 1.165) is 11.4 Å². The van der Waals surface area contributed by atoms with Crippen molar-refractivity contribution in [2.24, 2.45) is 0 Å². The lowest BCUT2D eigenvalue weighted by Gasteiger charge is -2.11. The molecule has 0 unspecified atom stereocenters. The fourth-order valence-electron chi connectivity index (χ4n) is 2.56. The third-order valence-corrected chi connectivity index (χ3v) is 3.76. The maximum atomic E-state index is 5.32. The SMILES string of the molecule is CN(Cc1cn(-c2ccccc2)nn1)Cc1nc(-c2ccccn2)no1. The summed E-state index contributed by atoms with van der Waals surface area (Å²) >= 11 is 0. The highest BCUT2D eigenvalue weighted by Gasteiger charge is 2.13. The molecule has 0 aliphatic rings. The van der Waals surface area contributed by atoms with E-state index >= 15 is 0 Å². The average Bonchev–Trinajstić information content (AvgIpc) is 3.33. The monoisotopic (exact) mass is 347 g/mol. The number of benzene rings is 1. The second-order valence-corrected chi connectivity index (χ2v) is 5.89. The fraction of sp³-hybridized carbons (Fsp3) is 0.167. The van der Waals surface area contributed by atoms with Gasteiger partial charge in [0.1, 0.15) is 5.69 Å². The first-order valence-corrected chi connectivity index (χ1v) is 8.17. The molecule has 0 spiro atoms. The summed E-state index contributed by atoms with van der Waals surface area (Å²) in [5.41, 5.74) is 2.53. The van der Waals surface area contributed by atoms with Crippen molar-refractivity contribution < 1.29 is 4.52 Å². The molecular formula is C18H17N7O. The Morgan fingerprint density at radius 2 is 1.88 bits per heavy atom. The highest BCUT2D eigenvalue weighted by molar-refractivity contribution is 5.46. The van der Waals surface area contributed by atoms with E-state index in [1.165, 1.54) is 0 Å². The second-order valence-electron chi connectivity index (χ2n) is 5.89. The quantitative estimate of drug-likeness (QED) is 0.529. The van der Waals surface area contributed by atoms with Crippen LogP contribution in [0.25, 0.3) is 17.2 Å². The van der Waals surface area contributed by atoms with Crippen LogP contribution in [0.15, 0.2) is 65.4 Å². The lowest BCUT2D eigenvalue weighted by Crippen LogP contribution is -2.17. The minimum atomic E-state index is 0.490. The molecule has 0 fully saturated rings. The molecule has 0 saturated heterocycles. The number of aromatic nitrogens is 6. The van der Waals surface area contributed by atoms with Gasteiger partial charge in [0, 0.05) is 12.7 Å². The van der Waals surface area contributed by atoms with Crippen LogP contribution in [0.2, 0.25) is 0 Å². The summed E-state index contributed by atoms with van der Waals surface area (Å²) in [6, 6.07) is 15.5. The fourth-order valence-corrected chi connectivity index (χ4v) is 2.56. The highest BCUT2D eigenvalue weighted by atomic mass is 16.5. The van der Waals surface area contributed by atoms with Gasteiger partial charge in [0.05, 0.1) is 24.1 Å². The Bertz CT molecular complexity index is 886. The molecular weight excluding hydrogens is 330 g/mol. The normalized spacial score (nSPS) is 11.2. The second kappa shape index (κ2) is 7.24. The number of nitrogens with zero attached hydrogens (tertiary/aromatic N) is 7. The number of rotatable bonds is 6. The van der Waals surface area contributed by atoms with Gasteiger partial charge in [-0.2, -0.15) is 4.98 Å². The zero-order valence-electron chi connectivity index (χ0n) is 14.2. The van der Waals surface area contributed by atoms with E-state index < -0.39 is 0 Å². The van der Waals surface area contributed by atoms with Crippen molar-refractivity contribution in [1.82, 2.24) is 35.0 Å². The summed E-state index contributed by atoms with van der Waals surface area (Å²) in [6.07, 6.45) is 3.62. The van der Waals surface area contributed by atoms with Crippen molar-refractivity contribution >= 4 is 0 Å². The molecule has 0 aliphatic carbocycles. The van der Waals surface area contributed by atoms with Gasteiger partial charge in [-0.15, -0.1) is 5.10 Å². The van der Waals surface area contributed by atoms with Crippen LogP contribution in [0.4, 0.5) is 0 Å². The van der Waals surface area contributed by atoms with Gasteiger partial charge >= 0.3 is 0 Å². The Kier molecular flexibility index (Phi) is 4.48. The first-order chi connectivity index (χ1) is 12.8. The maximum absolute atomic E-state index is 5.32. The molecule has 4 rings (SSSR count). The summed E-state index contributed by atoms with van der Waals surface area (Å²) in [4.78, 5) is 10.6. The molecule has 0 saturated carbocycles. The summed E-state index contributed by atoms with van der Waals surface area (Å²) < 4.78 is 7.08. The number of hydrogen-bond acceptors (Lipinski definition) is 7. The van der Waals surface area contributed by atoms with E-state index in [1.54, 1.807) is 10.9 Å².